The molecule has 0 aliphatic rings. The molecule has 2 unspecified atom stereocenters. The quantitative estimate of drug-likeness (QED) is 0.844. The van der Waals surface area contributed by atoms with Crippen molar-refractivity contribution < 1.29 is 9.90 Å². The second-order valence-electron chi connectivity index (χ2n) is 4.18. The Labute approximate surface area is 121 Å². The van der Waals surface area contributed by atoms with Crippen molar-refractivity contribution in [3.05, 3.63) is 70.7 Å². The van der Waals surface area contributed by atoms with E-state index in [1.807, 2.05) is 30.3 Å². The van der Waals surface area contributed by atoms with E-state index in [0.29, 0.717) is 10.6 Å². The van der Waals surface area contributed by atoms with Crippen LogP contribution in [0.25, 0.3) is 0 Å². The molecule has 0 radical (unpaired) electrons. The van der Waals surface area contributed by atoms with E-state index in [9.17, 15) is 9.90 Å². The molecule has 2 aromatic rings. The summed E-state index contributed by atoms with van der Waals surface area (Å²) in [5.74, 6) is -1.76. The number of hydrogen-bond acceptors (Lipinski definition) is 1. The summed E-state index contributed by atoms with van der Waals surface area (Å²) in [5, 5.41) is 9.35. The number of rotatable bonds is 4. The fourth-order valence-electron chi connectivity index (χ4n) is 1.94. The zero-order chi connectivity index (χ0) is 13.8. The van der Waals surface area contributed by atoms with Gasteiger partial charge in [0.1, 0.15) is 5.92 Å². The van der Waals surface area contributed by atoms with Crippen LogP contribution in [0, 0.1) is 0 Å². The Morgan fingerprint density at radius 3 is 2.05 bits per heavy atom. The first kappa shape index (κ1) is 13.9. The largest absolute Gasteiger partial charge is 0.481 e. The van der Waals surface area contributed by atoms with Crippen molar-refractivity contribution in [2.45, 2.75) is 11.3 Å². The number of carboxylic acids is 1. The van der Waals surface area contributed by atoms with E-state index in [4.69, 9.17) is 23.2 Å². The molecule has 98 valence electrons. The van der Waals surface area contributed by atoms with Gasteiger partial charge in [-0.2, -0.15) is 0 Å². The number of alkyl halides is 1. The molecule has 4 heteroatoms. The Morgan fingerprint density at radius 1 is 0.947 bits per heavy atom. The number of hydrogen-bond donors (Lipinski definition) is 1. The zero-order valence-corrected chi connectivity index (χ0v) is 11.5. The molecule has 0 heterocycles. The maximum atomic E-state index is 11.5. The lowest BCUT2D eigenvalue weighted by molar-refractivity contribution is -0.138. The molecule has 0 aliphatic carbocycles. The van der Waals surface area contributed by atoms with Gasteiger partial charge in [0.15, 0.2) is 0 Å². The van der Waals surface area contributed by atoms with Crippen molar-refractivity contribution in [3.8, 4) is 0 Å². The average molecular weight is 295 g/mol. The van der Waals surface area contributed by atoms with Gasteiger partial charge in [-0.3, -0.25) is 4.79 Å². The van der Waals surface area contributed by atoms with Crippen LogP contribution in [-0.2, 0) is 4.79 Å². The second kappa shape index (κ2) is 6.09. The summed E-state index contributed by atoms with van der Waals surface area (Å²) in [6, 6.07) is 15.9. The van der Waals surface area contributed by atoms with Gasteiger partial charge in [0.05, 0.1) is 5.38 Å². The first-order valence-corrected chi connectivity index (χ1v) is 6.58. The van der Waals surface area contributed by atoms with Gasteiger partial charge < -0.3 is 5.11 Å². The summed E-state index contributed by atoms with van der Waals surface area (Å²) in [5.41, 5.74) is 1.42. The highest BCUT2D eigenvalue weighted by Crippen LogP contribution is 2.36. The van der Waals surface area contributed by atoms with Crippen LogP contribution < -0.4 is 0 Å². The SMILES string of the molecule is O=C(O)C(c1ccc(Cl)cc1)C(Cl)c1ccccc1. The standard InChI is InChI=1S/C15H12Cl2O2/c16-12-8-6-10(7-9-12)13(15(18)19)14(17)11-4-2-1-3-5-11/h1-9,13-14H,(H,18,19). The molecule has 0 spiro atoms. The summed E-state index contributed by atoms with van der Waals surface area (Å²) < 4.78 is 0. The lowest BCUT2D eigenvalue weighted by Gasteiger charge is -2.19. The van der Waals surface area contributed by atoms with E-state index < -0.39 is 17.3 Å². The molecule has 0 aromatic heterocycles. The van der Waals surface area contributed by atoms with Crippen LogP contribution >= 0.6 is 23.2 Å². The Morgan fingerprint density at radius 2 is 1.53 bits per heavy atom. The van der Waals surface area contributed by atoms with Gasteiger partial charge in [-0.05, 0) is 23.3 Å². The average Bonchev–Trinajstić information content (AvgIpc) is 2.42. The van der Waals surface area contributed by atoms with E-state index in [-0.39, 0.29) is 0 Å². The summed E-state index contributed by atoms with van der Waals surface area (Å²) in [4.78, 5) is 11.5. The van der Waals surface area contributed by atoms with E-state index in [2.05, 4.69) is 0 Å². The minimum Gasteiger partial charge on any atom is -0.481 e. The third kappa shape index (κ3) is 3.28. The van der Waals surface area contributed by atoms with Crippen LogP contribution in [0.15, 0.2) is 54.6 Å². The predicted molar refractivity (Wildman–Crippen MR) is 76.9 cm³/mol. The van der Waals surface area contributed by atoms with Crippen molar-refractivity contribution in [2.75, 3.05) is 0 Å². The summed E-state index contributed by atoms with van der Waals surface area (Å²) in [7, 11) is 0. The van der Waals surface area contributed by atoms with Crippen molar-refractivity contribution in [1.29, 1.82) is 0 Å². The first-order chi connectivity index (χ1) is 9.09. The second-order valence-corrected chi connectivity index (χ2v) is 5.09. The lowest BCUT2D eigenvalue weighted by atomic mass is 9.91. The minimum atomic E-state index is -0.953. The van der Waals surface area contributed by atoms with Crippen molar-refractivity contribution in [2.24, 2.45) is 0 Å². The molecule has 0 aliphatic heterocycles. The predicted octanol–water partition coefficient (Wildman–Crippen LogP) is 4.49. The topological polar surface area (TPSA) is 37.3 Å². The Kier molecular flexibility index (Phi) is 4.46. The van der Waals surface area contributed by atoms with Crippen LogP contribution in [0.5, 0.6) is 0 Å². The number of benzene rings is 2. The van der Waals surface area contributed by atoms with Gasteiger partial charge in [0.25, 0.3) is 0 Å². The summed E-state index contributed by atoms with van der Waals surface area (Å²) in [6.07, 6.45) is 0. The van der Waals surface area contributed by atoms with Crippen molar-refractivity contribution >= 4 is 29.2 Å². The van der Waals surface area contributed by atoms with Crippen LogP contribution in [0.1, 0.15) is 22.4 Å². The highest BCUT2D eigenvalue weighted by molar-refractivity contribution is 6.30. The molecule has 2 nitrogen and oxygen atoms in total. The third-order valence-electron chi connectivity index (χ3n) is 2.91. The lowest BCUT2D eigenvalue weighted by Crippen LogP contribution is -2.16. The summed E-state index contributed by atoms with van der Waals surface area (Å²) in [6.45, 7) is 0. The molecule has 0 saturated heterocycles. The molecule has 2 aromatic carbocycles. The maximum Gasteiger partial charge on any atom is 0.312 e. The molecule has 0 amide bonds. The van der Waals surface area contributed by atoms with Gasteiger partial charge in [-0.15, -0.1) is 11.6 Å². The monoisotopic (exact) mass is 294 g/mol. The Balaban J connectivity index is 2.36. The highest BCUT2D eigenvalue weighted by Gasteiger charge is 2.29. The molecule has 1 N–H and O–H groups in total. The molecule has 0 bridgehead atoms. The van der Waals surface area contributed by atoms with Gasteiger partial charge in [-0.1, -0.05) is 54.1 Å². The number of halogens is 2. The number of carboxylic acid groups (broad SMARTS) is 1. The Bertz CT molecular complexity index is 552. The number of aliphatic carboxylic acids is 1. The Hall–Kier alpha value is -1.51. The third-order valence-corrected chi connectivity index (χ3v) is 3.66. The molecule has 0 fully saturated rings. The van der Waals surface area contributed by atoms with E-state index in [1.165, 1.54) is 0 Å². The maximum absolute atomic E-state index is 11.5. The van der Waals surface area contributed by atoms with E-state index in [0.717, 1.165) is 5.56 Å². The molecular formula is C15H12Cl2O2. The van der Waals surface area contributed by atoms with Gasteiger partial charge in [0.2, 0.25) is 0 Å². The highest BCUT2D eigenvalue weighted by atomic mass is 35.5. The van der Waals surface area contributed by atoms with Crippen molar-refractivity contribution in [3.63, 3.8) is 0 Å². The minimum absolute atomic E-state index is 0.568. The molecular weight excluding hydrogens is 283 g/mol. The van der Waals surface area contributed by atoms with Gasteiger partial charge in [0, 0.05) is 5.02 Å². The van der Waals surface area contributed by atoms with E-state index in [1.54, 1.807) is 24.3 Å². The fraction of sp³-hybridized carbons (Fsp3) is 0.133. The van der Waals surface area contributed by atoms with E-state index >= 15 is 0 Å². The fourth-order valence-corrected chi connectivity index (χ4v) is 2.46. The van der Waals surface area contributed by atoms with Gasteiger partial charge in [-0.25, -0.2) is 0 Å². The number of carbonyl (C=O) groups is 1. The summed E-state index contributed by atoms with van der Waals surface area (Å²) >= 11 is 12.1. The normalized spacial score (nSPS) is 13.8. The first-order valence-electron chi connectivity index (χ1n) is 5.77. The zero-order valence-electron chi connectivity index (χ0n) is 9.96. The smallest absolute Gasteiger partial charge is 0.312 e. The van der Waals surface area contributed by atoms with Crippen LogP contribution in [0.4, 0.5) is 0 Å². The molecule has 0 saturated carbocycles. The molecule has 2 rings (SSSR count). The van der Waals surface area contributed by atoms with Gasteiger partial charge >= 0.3 is 5.97 Å². The molecule has 2 atom stereocenters. The van der Waals surface area contributed by atoms with Crippen LogP contribution in [0.2, 0.25) is 5.02 Å². The molecule has 19 heavy (non-hydrogen) atoms. The van der Waals surface area contributed by atoms with Crippen molar-refractivity contribution in [1.82, 2.24) is 0 Å². The van der Waals surface area contributed by atoms with Crippen LogP contribution in [0.3, 0.4) is 0 Å². The van der Waals surface area contributed by atoms with Crippen LogP contribution in [-0.4, -0.2) is 11.1 Å².